The molecule has 0 radical (unpaired) electrons. The van der Waals surface area contributed by atoms with Gasteiger partial charge in [0.05, 0.1) is 0 Å². The van der Waals surface area contributed by atoms with Crippen LogP contribution in [0.4, 0.5) is 0 Å². The second-order valence-electron chi connectivity index (χ2n) is 7.29. The van der Waals surface area contributed by atoms with Crippen molar-refractivity contribution in [3.05, 3.63) is 40.2 Å². The molecule has 1 aliphatic rings. The normalized spacial score (nSPS) is 19.2. The lowest BCUT2D eigenvalue weighted by molar-refractivity contribution is -0.150. The van der Waals surface area contributed by atoms with Crippen LogP contribution >= 0.6 is 0 Å². The van der Waals surface area contributed by atoms with E-state index in [1.54, 1.807) is 18.2 Å². The first-order valence-electron chi connectivity index (χ1n) is 9.54. The zero-order valence-corrected chi connectivity index (χ0v) is 16.2. The lowest BCUT2D eigenvalue weighted by Crippen LogP contribution is -2.43. The van der Waals surface area contributed by atoms with E-state index in [-0.39, 0.29) is 25.2 Å². The van der Waals surface area contributed by atoms with Gasteiger partial charge in [0.15, 0.2) is 13.2 Å². The number of ether oxygens (including phenoxy) is 2. The van der Waals surface area contributed by atoms with E-state index in [1.165, 1.54) is 12.5 Å². The molecule has 0 bridgehead atoms. The number of aryl methyl sites for hydroxylation is 1. The van der Waals surface area contributed by atoms with Gasteiger partial charge >= 0.3 is 11.6 Å². The maximum absolute atomic E-state index is 12.0. The first kappa shape index (κ1) is 19.9. The predicted molar refractivity (Wildman–Crippen MR) is 103 cm³/mol. The molecule has 0 saturated heterocycles. The average molecular weight is 387 g/mol. The van der Waals surface area contributed by atoms with Gasteiger partial charge < -0.3 is 19.2 Å². The van der Waals surface area contributed by atoms with E-state index < -0.39 is 11.6 Å². The fourth-order valence-electron chi connectivity index (χ4n) is 3.50. The van der Waals surface area contributed by atoms with Crippen LogP contribution < -0.4 is 15.7 Å². The van der Waals surface area contributed by atoms with Crippen LogP contribution in [0.3, 0.4) is 0 Å². The van der Waals surface area contributed by atoms with Crippen LogP contribution in [-0.4, -0.2) is 31.1 Å². The van der Waals surface area contributed by atoms with Crippen LogP contribution in [0.2, 0.25) is 0 Å². The third-order valence-corrected chi connectivity index (χ3v) is 5.10. The van der Waals surface area contributed by atoms with Crippen molar-refractivity contribution in [3.63, 3.8) is 0 Å². The standard InChI is InChI=1S/C21H25NO6/c1-13-5-3-4-6-17(13)22-19(23)11-27-21(25)12-26-15-7-8-16-14(2)9-20(24)28-18(16)10-15/h7-10,13,17H,3-6,11-12H2,1-2H3,(H,22,23)/t13-,17+/m0/s1. The van der Waals surface area contributed by atoms with Crippen LogP contribution in [0.1, 0.15) is 38.2 Å². The van der Waals surface area contributed by atoms with E-state index in [0.717, 1.165) is 30.2 Å². The first-order chi connectivity index (χ1) is 13.4. The number of carbonyl (C=O) groups is 2. The Labute approximate surface area is 163 Å². The highest BCUT2D eigenvalue weighted by Gasteiger charge is 2.23. The van der Waals surface area contributed by atoms with Gasteiger partial charge in [0.2, 0.25) is 0 Å². The Bertz CT molecular complexity index is 919. The summed E-state index contributed by atoms with van der Waals surface area (Å²) in [5.41, 5.74) is 0.743. The average Bonchev–Trinajstić information content (AvgIpc) is 2.66. The molecule has 150 valence electrons. The zero-order chi connectivity index (χ0) is 20.1. The summed E-state index contributed by atoms with van der Waals surface area (Å²) < 4.78 is 15.5. The smallest absolute Gasteiger partial charge is 0.344 e. The summed E-state index contributed by atoms with van der Waals surface area (Å²) in [6, 6.07) is 6.55. The van der Waals surface area contributed by atoms with Crippen LogP contribution in [0.15, 0.2) is 33.5 Å². The van der Waals surface area contributed by atoms with E-state index >= 15 is 0 Å². The molecular weight excluding hydrogens is 362 g/mol. The maximum atomic E-state index is 12.0. The minimum atomic E-state index is -0.641. The lowest BCUT2D eigenvalue weighted by atomic mass is 9.86. The topological polar surface area (TPSA) is 94.8 Å². The number of amides is 1. The highest BCUT2D eigenvalue weighted by Crippen LogP contribution is 2.24. The molecule has 1 heterocycles. The number of rotatable bonds is 6. The Balaban J connectivity index is 1.47. The van der Waals surface area contributed by atoms with Gasteiger partial charge in [-0.2, -0.15) is 0 Å². The molecule has 7 nitrogen and oxygen atoms in total. The molecule has 0 unspecified atom stereocenters. The van der Waals surface area contributed by atoms with Crippen LogP contribution in [-0.2, 0) is 14.3 Å². The van der Waals surface area contributed by atoms with Crippen molar-refractivity contribution >= 4 is 22.8 Å². The number of hydrogen-bond donors (Lipinski definition) is 1. The molecule has 2 aromatic rings. The van der Waals surface area contributed by atoms with E-state index in [4.69, 9.17) is 13.9 Å². The first-order valence-corrected chi connectivity index (χ1v) is 9.54. The van der Waals surface area contributed by atoms with Crippen molar-refractivity contribution in [2.75, 3.05) is 13.2 Å². The van der Waals surface area contributed by atoms with E-state index in [9.17, 15) is 14.4 Å². The summed E-state index contributed by atoms with van der Waals surface area (Å²) in [5.74, 6) is -0.125. The molecule has 1 N–H and O–H groups in total. The van der Waals surface area contributed by atoms with Crippen molar-refractivity contribution in [1.29, 1.82) is 0 Å². The molecule has 1 aromatic heterocycles. The summed E-state index contributed by atoms with van der Waals surface area (Å²) in [6.45, 7) is 3.28. The van der Waals surface area contributed by atoms with Crippen molar-refractivity contribution in [1.82, 2.24) is 5.32 Å². The van der Waals surface area contributed by atoms with Gasteiger partial charge in [-0.15, -0.1) is 0 Å². The fourth-order valence-corrected chi connectivity index (χ4v) is 3.50. The number of carbonyl (C=O) groups excluding carboxylic acids is 2. The zero-order valence-electron chi connectivity index (χ0n) is 16.2. The Hall–Kier alpha value is -2.83. The van der Waals surface area contributed by atoms with Gasteiger partial charge in [-0.05, 0) is 43.4 Å². The number of esters is 1. The van der Waals surface area contributed by atoms with Crippen molar-refractivity contribution in [2.45, 2.75) is 45.6 Å². The van der Waals surface area contributed by atoms with Crippen molar-refractivity contribution in [3.8, 4) is 5.75 Å². The monoisotopic (exact) mass is 387 g/mol. The molecule has 1 amide bonds. The highest BCUT2D eigenvalue weighted by atomic mass is 16.6. The third-order valence-electron chi connectivity index (χ3n) is 5.10. The molecular formula is C21H25NO6. The molecule has 7 heteroatoms. The van der Waals surface area contributed by atoms with E-state index in [0.29, 0.717) is 17.3 Å². The molecule has 1 aliphatic carbocycles. The van der Waals surface area contributed by atoms with Gasteiger partial charge in [0, 0.05) is 23.6 Å². The van der Waals surface area contributed by atoms with Crippen LogP contribution in [0.25, 0.3) is 11.0 Å². The number of fused-ring (bicyclic) bond motifs is 1. The molecule has 28 heavy (non-hydrogen) atoms. The Morgan fingerprint density at radius 1 is 1.18 bits per heavy atom. The van der Waals surface area contributed by atoms with Gasteiger partial charge in [-0.3, -0.25) is 4.79 Å². The van der Waals surface area contributed by atoms with Crippen LogP contribution in [0.5, 0.6) is 5.75 Å². The van der Waals surface area contributed by atoms with Crippen molar-refractivity contribution in [2.24, 2.45) is 5.92 Å². The molecule has 1 aromatic carbocycles. The Morgan fingerprint density at radius 3 is 2.75 bits per heavy atom. The molecule has 0 aliphatic heterocycles. The molecule has 0 spiro atoms. The van der Waals surface area contributed by atoms with Crippen molar-refractivity contribution < 1.29 is 23.5 Å². The Kier molecular flexibility index (Phi) is 6.34. The predicted octanol–water partition coefficient (Wildman–Crippen LogP) is 2.72. The quantitative estimate of drug-likeness (QED) is 0.605. The third kappa shape index (κ3) is 5.12. The highest BCUT2D eigenvalue weighted by molar-refractivity contribution is 5.82. The summed E-state index contributed by atoms with van der Waals surface area (Å²) in [6.07, 6.45) is 4.36. The summed E-state index contributed by atoms with van der Waals surface area (Å²) >= 11 is 0. The Morgan fingerprint density at radius 2 is 1.96 bits per heavy atom. The van der Waals surface area contributed by atoms with Gasteiger partial charge in [-0.25, -0.2) is 9.59 Å². The number of hydrogen-bond acceptors (Lipinski definition) is 6. The summed E-state index contributed by atoms with van der Waals surface area (Å²) in [7, 11) is 0. The van der Waals surface area contributed by atoms with Gasteiger partial charge in [0.1, 0.15) is 11.3 Å². The maximum Gasteiger partial charge on any atom is 0.344 e. The van der Waals surface area contributed by atoms with Gasteiger partial charge in [-0.1, -0.05) is 19.8 Å². The second kappa shape index (κ2) is 8.91. The van der Waals surface area contributed by atoms with Crippen LogP contribution in [0, 0.1) is 12.8 Å². The number of benzene rings is 1. The number of nitrogens with one attached hydrogen (secondary N) is 1. The molecule has 2 atom stereocenters. The molecule has 1 fully saturated rings. The largest absolute Gasteiger partial charge is 0.482 e. The fraction of sp³-hybridized carbons (Fsp3) is 0.476. The minimum absolute atomic E-state index is 0.145. The lowest BCUT2D eigenvalue weighted by Gasteiger charge is -2.29. The van der Waals surface area contributed by atoms with Gasteiger partial charge in [0.25, 0.3) is 5.91 Å². The molecule has 3 rings (SSSR count). The molecule has 1 saturated carbocycles. The summed E-state index contributed by atoms with van der Waals surface area (Å²) in [5, 5.41) is 3.72. The minimum Gasteiger partial charge on any atom is -0.482 e. The van der Waals surface area contributed by atoms with E-state index in [2.05, 4.69) is 12.2 Å². The summed E-state index contributed by atoms with van der Waals surface area (Å²) in [4.78, 5) is 35.3. The second-order valence-corrected chi connectivity index (χ2v) is 7.29. The SMILES string of the molecule is Cc1cc(=O)oc2cc(OCC(=O)OCC(=O)N[C@@H]3CCCC[C@@H]3C)ccc12. The van der Waals surface area contributed by atoms with E-state index in [1.807, 2.05) is 6.92 Å².